The van der Waals surface area contributed by atoms with Crippen molar-refractivity contribution in [2.45, 2.75) is 37.6 Å². The minimum absolute atomic E-state index is 0.306. The average Bonchev–Trinajstić information content (AvgIpc) is 3.28. The van der Waals surface area contributed by atoms with Crippen LogP contribution >= 0.6 is 11.3 Å². The molecule has 1 fully saturated rings. The van der Waals surface area contributed by atoms with E-state index in [-0.39, 0.29) is 0 Å². The minimum Gasteiger partial charge on any atom is -0.495 e. The SMILES string of the molecule is COC(=O)c1ccc(NS(=O)c2cc(-c3sc(NC(C)C4CCOCC4)nc3C)ccc2OC)cc1. The summed E-state index contributed by atoms with van der Waals surface area (Å²) < 4.78 is 31.9. The van der Waals surface area contributed by atoms with Gasteiger partial charge in [-0.2, -0.15) is 0 Å². The quantitative estimate of drug-likeness (QED) is 0.364. The van der Waals surface area contributed by atoms with Crippen LogP contribution in [0, 0.1) is 12.8 Å². The van der Waals surface area contributed by atoms with Crippen LogP contribution in [0.5, 0.6) is 5.75 Å². The number of carbonyl (C=O) groups excluding carboxylic acids is 1. The maximum Gasteiger partial charge on any atom is 0.337 e. The van der Waals surface area contributed by atoms with Crippen molar-refractivity contribution in [3.05, 3.63) is 53.7 Å². The van der Waals surface area contributed by atoms with Crippen LogP contribution in [0.15, 0.2) is 47.4 Å². The third kappa shape index (κ3) is 6.05. The summed E-state index contributed by atoms with van der Waals surface area (Å²) in [5.41, 5.74) is 2.86. The van der Waals surface area contributed by atoms with Crippen LogP contribution in [0.25, 0.3) is 10.4 Å². The van der Waals surface area contributed by atoms with Crippen LogP contribution < -0.4 is 14.8 Å². The van der Waals surface area contributed by atoms with Gasteiger partial charge in [0.2, 0.25) is 0 Å². The first-order valence-electron chi connectivity index (χ1n) is 11.8. The van der Waals surface area contributed by atoms with Gasteiger partial charge in [0.05, 0.1) is 30.4 Å². The first kappa shape index (κ1) is 26.1. The van der Waals surface area contributed by atoms with Crippen molar-refractivity contribution >= 4 is 39.1 Å². The minimum atomic E-state index is -1.60. The molecule has 2 aromatic carbocycles. The highest BCUT2D eigenvalue weighted by molar-refractivity contribution is 7.86. The molecule has 3 aromatic rings. The Labute approximate surface area is 218 Å². The lowest BCUT2D eigenvalue weighted by molar-refractivity contribution is 0.0600. The fourth-order valence-electron chi connectivity index (χ4n) is 4.17. The summed E-state index contributed by atoms with van der Waals surface area (Å²) in [6, 6.07) is 12.6. The Kier molecular flexibility index (Phi) is 8.60. The molecule has 0 aliphatic carbocycles. The van der Waals surface area contributed by atoms with Gasteiger partial charge in [-0.15, -0.1) is 0 Å². The normalized spacial score (nSPS) is 15.7. The molecule has 2 unspecified atom stereocenters. The summed E-state index contributed by atoms with van der Waals surface area (Å²) in [5, 5.41) is 4.45. The molecular formula is C26H31N3O5S2. The van der Waals surface area contributed by atoms with E-state index in [2.05, 4.69) is 17.0 Å². The van der Waals surface area contributed by atoms with Gasteiger partial charge >= 0.3 is 5.97 Å². The van der Waals surface area contributed by atoms with Gasteiger partial charge in [0, 0.05) is 24.9 Å². The van der Waals surface area contributed by atoms with Gasteiger partial charge in [0.15, 0.2) is 16.1 Å². The number of anilines is 2. The molecule has 8 nitrogen and oxygen atoms in total. The number of hydrogen-bond acceptors (Lipinski definition) is 8. The molecule has 0 radical (unpaired) electrons. The maximum absolute atomic E-state index is 13.3. The van der Waals surface area contributed by atoms with Gasteiger partial charge in [-0.05, 0) is 80.6 Å². The molecule has 36 heavy (non-hydrogen) atoms. The van der Waals surface area contributed by atoms with E-state index >= 15 is 0 Å². The van der Waals surface area contributed by atoms with Gasteiger partial charge in [-0.25, -0.2) is 14.0 Å². The fraction of sp³-hybridized carbons (Fsp3) is 0.385. The summed E-state index contributed by atoms with van der Waals surface area (Å²) in [5.74, 6) is 0.659. The number of nitrogens with one attached hydrogen (secondary N) is 2. The molecule has 1 saturated heterocycles. The summed E-state index contributed by atoms with van der Waals surface area (Å²) in [4.78, 5) is 17.9. The number of esters is 1. The van der Waals surface area contributed by atoms with Crippen molar-refractivity contribution in [1.82, 2.24) is 4.98 Å². The predicted molar refractivity (Wildman–Crippen MR) is 143 cm³/mol. The molecule has 1 aliphatic rings. The molecule has 0 bridgehead atoms. The van der Waals surface area contributed by atoms with E-state index in [0.29, 0.717) is 33.9 Å². The number of ether oxygens (including phenoxy) is 3. The zero-order valence-corrected chi connectivity index (χ0v) is 22.5. The number of benzene rings is 2. The zero-order valence-electron chi connectivity index (χ0n) is 20.8. The van der Waals surface area contributed by atoms with E-state index in [9.17, 15) is 9.00 Å². The van der Waals surface area contributed by atoms with Crippen molar-refractivity contribution < 1.29 is 23.2 Å². The zero-order chi connectivity index (χ0) is 25.7. The summed E-state index contributed by atoms with van der Waals surface area (Å²) in [6.45, 7) is 5.81. The van der Waals surface area contributed by atoms with Gasteiger partial charge in [-0.3, -0.25) is 0 Å². The molecule has 2 N–H and O–H groups in total. The molecule has 2 heterocycles. The van der Waals surface area contributed by atoms with E-state index in [0.717, 1.165) is 47.3 Å². The number of thiazole rings is 1. The third-order valence-electron chi connectivity index (χ3n) is 6.26. The van der Waals surface area contributed by atoms with Crippen LogP contribution in [0.1, 0.15) is 35.8 Å². The monoisotopic (exact) mass is 529 g/mol. The Bertz CT molecular complexity index is 1220. The largest absolute Gasteiger partial charge is 0.495 e. The number of hydrogen-bond donors (Lipinski definition) is 2. The van der Waals surface area contributed by atoms with Crippen molar-refractivity contribution in [2.24, 2.45) is 5.92 Å². The Morgan fingerprint density at radius 2 is 1.89 bits per heavy atom. The Morgan fingerprint density at radius 1 is 1.17 bits per heavy atom. The van der Waals surface area contributed by atoms with Gasteiger partial charge in [0.1, 0.15) is 10.6 Å². The standard InChI is InChI=1S/C26H31N3O5S2/c1-16(18-11-13-34-14-12-18)27-26-28-17(2)24(35-26)20-7-10-22(32-3)23(15-20)36(31)29-21-8-5-19(6-9-21)25(30)33-4/h5-10,15-16,18,29H,11-14H2,1-4H3,(H,27,28). The maximum atomic E-state index is 13.3. The second-order valence-electron chi connectivity index (χ2n) is 8.62. The fourth-order valence-corrected chi connectivity index (χ4v) is 6.26. The highest BCUT2D eigenvalue weighted by Gasteiger charge is 2.22. The summed E-state index contributed by atoms with van der Waals surface area (Å²) >= 11 is 1.59. The van der Waals surface area contributed by atoms with E-state index < -0.39 is 17.0 Å². The van der Waals surface area contributed by atoms with E-state index in [1.165, 1.54) is 7.11 Å². The average molecular weight is 530 g/mol. The summed E-state index contributed by atoms with van der Waals surface area (Å²) in [6.07, 6.45) is 2.11. The second kappa shape index (κ2) is 11.9. The van der Waals surface area contributed by atoms with Crippen LogP contribution in [-0.2, 0) is 20.5 Å². The molecule has 0 amide bonds. The third-order valence-corrected chi connectivity index (χ3v) is 8.54. The van der Waals surface area contributed by atoms with Crippen molar-refractivity contribution in [3.8, 4) is 16.2 Å². The number of aryl methyl sites for hydroxylation is 1. The number of rotatable bonds is 9. The number of carbonyl (C=O) groups is 1. The number of methoxy groups -OCH3 is 2. The topological polar surface area (TPSA) is 98.8 Å². The molecule has 0 spiro atoms. The molecule has 4 rings (SSSR count). The van der Waals surface area contributed by atoms with Crippen LogP contribution in [-0.4, -0.2) is 48.6 Å². The van der Waals surface area contributed by atoms with Gasteiger partial charge < -0.3 is 24.2 Å². The Balaban J connectivity index is 1.53. The first-order chi connectivity index (χ1) is 17.4. The molecular weight excluding hydrogens is 498 g/mol. The number of aromatic nitrogens is 1. The lowest BCUT2D eigenvalue weighted by Gasteiger charge is -2.28. The second-order valence-corrected chi connectivity index (χ2v) is 10.8. The Hall–Kier alpha value is -2.95. The van der Waals surface area contributed by atoms with Crippen molar-refractivity contribution in [1.29, 1.82) is 0 Å². The van der Waals surface area contributed by atoms with Crippen molar-refractivity contribution in [3.63, 3.8) is 0 Å². The first-order valence-corrected chi connectivity index (χ1v) is 13.7. The van der Waals surface area contributed by atoms with Crippen LogP contribution in [0.3, 0.4) is 0 Å². The number of nitrogens with zero attached hydrogens (tertiary/aromatic N) is 1. The molecule has 10 heteroatoms. The molecule has 2 atom stereocenters. The highest BCUT2D eigenvalue weighted by atomic mass is 32.2. The van der Waals surface area contributed by atoms with Crippen molar-refractivity contribution in [2.75, 3.05) is 37.5 Å². The van der Waals surface area contributed by atoms with Crippen LogP contribution in [0.4, 0.5) is 10.8 Å². The highest BCUT2D eigenvalue weighted by Crippen LogP contribution is 2.37. The molecule has 1 aliphatic heterocycles. The molecule has 1 aromatic heterocycles. The lowest BCUT2D eigenvalue weighted by Crippen LogP contribution is -2.30. The molecule has 192 valence electrons. The summed E-state index contributed by atoms with van der Waals surface area (Å²) in [7, 11) is 1.29. The molecule has 0 saturated carbocycles. The Morgan fingerprint density at radius 3 is 2.56 bits per heavy atom. The van der Waals surface area contributed by atoms with Gasteiger partial charge in [-0.1, -0.05) is 11.3 Å². The lowest BCUT2D eigenvalue weighted by atomic mass is 9.93. The smallest absolute Gasteiger partial charge is 0.337 e. The van der Waals surface area contributed by atoms with E-state index in [4.69, 9.17) is 19.2 Å². The predicted octanol–water partition coefficient (Wildman–Crippen LogP) is 5.28. The van der Waals surface area contributed by atoms with Gasteiger partial charge in [0.25, 0.3) is 0 Å². The van der Waals surface area contributed by atoms with E-state index in [1.807, 2.05) is 25.1 Å². The van der Waals surface area contributed by atoms with E-state index in [1.54, 1.807) is 42.7 Å². The van der Waals surface area contributed by atoms with Crippen LogP contribution in [0.2, 0.25) is 0 Å².